The van der Waals surface area contributed by atoms with Crippen molar-refractivity contribution in [1.29, 1.82) is 0 Å². The molecule has 4 heteroatoms. The van der Waals surface area contributed by atoms with Gasteiger partial charge in [-0.2, -0.15) is 5.10 Å². The number of benzene rings is 1. The Labute approximate surface area is 125 Å². The first-order chi connectivity index (χ1) is 10.3. The molecule has 1 aliphatic carbocycles. The highest BCUT2D eigenvalue weighted by molar-refractivity contribution is 5.62. The fourth-order valence-electron chi connectivity index (χ4n) is 3.16. The van der Waals surface area contributed by atoms with Gasteiger partial charge in [-0.3, -0.25) is 5.10 Å². The van der Waals surface area contributed by atoms with E-state index in [2.05, 4.69) is 27.6 Å². The molecule has 0 bridgehead atoms. The standard InChI is InChI=1S/C17H23N3O/c21-16(13-6-4-5-7-13)12-18-10-15-11-19-20-17(15)14-8-2-1-3-9-14/h1-3,8-9,11,13,16,18,21H,4-7,10,12H2,(H,19,20). The van der Waals surface area contributed by atoms with E-state index in [0.717, 1.165) is 23.4 Å². The van der Waals surface area contributed by atoms with Crippen molar-refractivity contribution in [3.8, 4) is 11.3 Å². The smallest absolute Gasteiger partial charge is 0.0695 e. The summed E-state index contributed by atoms with van der Waals surface area (Å²) in [5.41, 5.74) is 3.33. The lowest BCUT2D eigenvalue weighted by Crippen LogP contribution is -2.31. The molecule has 3 rings (SSSR count). The first-order valence-corrected chi connectivity index (χ1v) is 7.81. The van der Waals surface area contributed by atoms with Crippen molar-refractivity contribution >= 4 is 0 Å². The number of H-pyrrole nitrogens is 1. The Kier molecular flexibility index (Phi) is 4.68. The van der Waals surface area contributed by atoms with E-state index in [1.54, 1.807) is 0 Å². The van der Waals surface area contributed by atoms with Crippen LogP contribution in [0.15, 0.2) is 36.5 Å². The van der Waals surface area contributed by atoms with Gasteiger partial charge in [-0.1, -0.05) is 43.2 Å². The largest absolute Gasteiger partial charge is 0.392 e. The van der Waals surface area contributed by atoms with E-state index in [1.165, 1.54) is 25.7 Å². The average Bonchev–Trinajstić information content (AvgIpc) is 3.20. The number of aliphatic hydroxyl groups excluding tert-OH is 1. The molecule has 0 aliphatic heterocycles. The third-order valence-electron chi connectivity index (χ3n) is 4.39. The number of aromatic amines is 1. The second-order valence-corrected chi connectivity index (χ2v) is 5.88. The summed E-state index contributed by atoms with van der Waals surface area (Å²) in [6, 6.07) is 10.2. The number of rotatable bonds is 6. The van der Waals surface area contributed by atoms with Crippen LogP contribution in [0.25, 0.3) is 11.3 Å². The zero-order chi connectivity index (χ0) is 14.5. The lowest BCUT2D eigenvalue weighted by atomic mass is 10.0. The van der Waals surface area contributed by atoms with Gasteiger partial charge >= 0.3 is 0 Å². The number of hydrogen-bond acceptors (Lipinski definition) is 3. The van der Waals surface area contributed by atoms with Crippen LogP contribution in [0.3, 0.4) is 0 Å². The van der Waals surface area contributed by atoms with E-state index in [0.29, 0.717) is 12.5 Å². The topological polar surface area (TPSA) is 60.9 Å². The molecule has 4 nitrogen and oxygen atoms in total. The predicted octanol–water partition coefficient (Wildman–Crippen LogP) is 2.72. The molecule has 112 valence electrons. The van der Waals surface area contributed by atoms with Crippen LogP contribution in [-0.2, 0) is 6.54 Å². The van der Waals surface area contributed by atoms with Crippen LogP contribution in [0.2, 0.25) is 0 Å². The zero-order valence-corrected chi connectivity index (χ0v) is 12.3. The molecule has 0 amide bonds. The van der Waals surface area contributed by atoms with Gasteiger partial charge in [0, 0.05) is 18.7 Å². The first kappa shape index (κ1) is 14.3. The minimum Gasteiger partial charge on any atom is -0.392 e. The third-order valence-corrected chi connectivity index (χ3v) is 4.39. The fraction of sp³-hybridized carbons (Fsp3) is 0.471. The van der Waals surface area contributed by atoms with Crippen molar-refractivity contribution in [2.75, 3.05) is 6.54 Å². The lowest BCUT2D eigenvalue weighted by molar-refractivity contribution is 0.109. The highest BCUT2D eigenvalue weighted by Gasteiger charge is 2.22. The van der Waals surface area contributed by atoms with E-state index < -0.39 is 0 Å². The Morgan fingerprint density at radius 3 is 2.76 bits per heavy atom. The average molecular weight is 285 g/mol. The molecular formula is C17H23N3O. The predicted molar refractivity (Wildman–Crippen MR) is 83.7 cm³/mol. The molecule has 0 radical (unpaired) electrons. The van der Waals surface area contributed by atoms with Gasteiger partial charge in [-0.15, -0.1) is 0 Å². The SMILES string of the molecule is OC(CNCc1cn[nH]c1-c1ccccc1)C1CCCC1. The molecule has 21 heavy (non-hydrogen) atoms. The maximum atomic E-state index is 10.2. The van der Waals surface area contributed by atoms with Crippen LogP contribution in [0.5, 0.6) is 0 Å². The fourth-order valence-corrected chi connectivity index (χ4v) is 3.16. The van der Waals surface area contributed by atoms with Gasteiger partial charge < -0.3 is 10.4 Å². The summed E-state index contributed by atoms with van der Waals surface area (Å²) >= 11 is 0. The van der Waals surface area contributed by atoms with Gasteiger partial charge in [0.25, 0.3) is 0 Å². The molecule has 3 N–H and O–H groups in total. The molecule has 1 saturated carbocycles. The van der Waals surface area contributed by atoms with Crippen molar-refractivity contribution in [2.24, 2.45) is 5.92 Å². The monoisotopic (exact) mass is 285 g/mol. The van der Waals surface area contributed by atoms with E-state index >= 15 is 0 Å². The van der Waals surface area contributed by atoms with Gasteiger partial charge in [-0.25, -0.2) is 0 Å². The highest BCUT2D eigenvalue weighted by Crippen LogP contribution is 2.27. The van der Waals surface area contributed by atoms with Crippen LogP contribution in [0, 0.1) is 5.92 Å². The van der Waals surface area contributed by atoms with Gasteiger partial charge in [-0.05, 0) is 24.3 Å². The molecule has 1 aromatic carbocycles. The molecule has 2 aromatic rings. The number of hydrogen-bond donors (Lipinski definition) is 3. The van der Waals surface area contributed by atoms with Crippen molar-refractivity contribution < 1.29 is 5.11 Å². The highest BCUT2D eigenvalue weighted by atomic mass is 16.3. The Balaban J connectivity index is 1.55. The van der Waals surface area contributed by atoms with E-state index in [-0.39, 0.29) is 6.10 Å². The molecule has 1 aliphatic rings. The Morgan fingerprint density at radius 2 is 2.00 bits per heavy atom. The van der Waals surface area contributed by atoms with Gasteiger partial charge in [0.15, 0.2) is 0 Å². The molecule has 0 spiro atoms. The summed E-state index contributed by atoms with van der Waals surface area (Å²) in [5.74, 6) is 0.482. The van der Waals surface area contributed by atoms with Crippen LogP contribution >= 0.6 is 0 Å². The molecule has 1 aromatic heterocycles. The minimum atomic E-state index is -0.223. The zero-order valence-electron chi connectivity index (χ0n) is 12.3. The molecular weight excluding hydrogens is 262 g/mol. The quantitative estimate of drug-likeness (QED) is 0.765. The molecule has 0 saturated heterocycles. The van der Waals surface area contributed by atoms with Gasteiger partial charge in [0.1, 0.15) is 0 Å². The summed E-state index contributed by atoms with van der Waals surface area (Å²) in [6.45, 7) is 1.38. The molecule has 1 unspecified atom stereocenters. The van der Waals surface area contributed by atoms with E-state index in [9.17, 15) is 5.11 Å². The summed E-state index contributed by atoms with van der Waals surface area (Å²) in [7, 11) is 0. The third kappa shape index (κ3) is 3.52. The minimum absolute atomic E-state index is 0.223. The number of aliphatic hydroxyl groups is 1. The van der Waals surface area contributed by atoms with Crippen LogP contribution < -0.4 is 5.32 Å². The van der Waals surface area contributed by atoms with Gasteiger partial charge in [0.2, 0.25) is 0 Å². The maximum Gasteiger partial charge on any atom is 0.0695 e. The van der Waals surface area contributed by atoms with Crippen LogP contribution in [-0.4, -0.2) is 28.0 Å². The van der Waals surface area contributed by atoms with Crippen molar-refractivity contribution in [1.82, 2.24) is 15.5 Å². The molecule has 1 atom stereocenters. The van der Waals surface area contributed by atoms with Crippen LogP contribution in [0.4, 0.5) is 0 Å². The summed E-state index contributed by atoms with van der Waals surface area (Å²) in [6.07, 6.45) is 6.51. The molecule has 1 fully saturated rings. The molecule has 1 heterocycles. The maximum absolute atomic E-state index is 10.2. The van der Waals surface area contributed by atoms with Crippen molar-refractivity contribution in [2.45, 2.75) is 38.3 Å². The first-order valence-electron chi connectivity index (χ1n) is 7.81. The van der Waals surface area contributed by atoms with E-state index in [1.807, 2.05) is 24.4 Å². The van der Waals surface area contributed by atoms with Gasteiger partial charge in [0.05, 0.1) is 18.0 Å². The number of nitrogens with one attached hydrogen (secondary N) is 2. The second kappa shape index (κ2) is 6.87. The Hall–Kier alpha value is -1.65. The Bertz CT molecular complexity index is 546. The summed E-state index contributed by atoms with van der Waals surface area (Å²) < 4.78 is 0. The summed E-state index contributed by atoms with van der Waals surface area (Å²) in [4.78, 5) is 0. The Morgan fingerprint density at radius 1 is 1.24 bits per heavy atom. The van der Waals surface area contributed by atoms with E-state index in [4.69, 9.17) is 0 Å². The van der Waals surface area contributed by atoms with Crippen molar-refractivity contribution in [3.63, 3.8) is 0 Å². The van der Waals surface area contributed by atoms with Crippen LogP contribution in [0.1, 0.15) is 31.2 Å². The van der Waals surface area contributed by atoms with Crippen molar-refractivity contribution in [3.05, 3.63) is 42.1 Å². The second-order valence-electron chi connectivity index (χ2n) is 5.88. The lowest BCUT2D eigenvalue weighted by Gasteiger charge is -2.18. The summed E-state index contributed by atoms with van der Waals surface area (Å²) in [5, 5.41) is 20.8. The number of nitrogens with zero attached hydrogens (tertiary/aromatic N) is 1. The normalized spacial score (nSPS) is 17.2. The number of aromatic nitrogens is 2.